The smallest absolute Gasteiger partial charge is 0.438 e. The van der Waals surface area contributed by atoms with Crippen LogP contribution in [0, 0.1) is 0 Å². The van der Waals surface area contributed by atoms with Gasteiger partial charge in [0.05, 0.1) is 13.2 Å². The van der Waals surface area contributed by atoms with Crippen LogP contribution in [0.4, 0.5) is 4.79 Å². The van der Waals surface area contributed by atoms with E-state index in [1.807, 2.05) is 0 Å². The van der Waals surface area contributed by atoms with Gasteiger partial charge in [0, 0.05) is 7.11 Å². The van der Waals surface area contributed by atoms with E-state index in [1.54, 1.807) is 7.11 Å². The number of carbonyl (C=O) groups is 1. The van der Waals surface area contributed by atoms with Gasteiger partial charge in [0.1, 0.15) is 6.10 Å². The Morgan fingerprint density at radius 2 is 1.77 bits per heavy atom. The van der Waals surface area contributed by atoms with Gasteiger partial charge in [-0.3, -0.25) is 0 Å². The predicted octanol–water partition coefficient (Wildman–Crippen LogP) is 1.73. The maximum absolute atomic E-state index is 10.8. The molecule has 0 aromatic rings. The minimum absolute atomic E-state index is 0.0350. The first-order chi connectivity index (χ1) is 6.27. The largest absolute Gasteiger partial charge is 0.508 e. The first-order valence-corrected chi connectivity index (χ1v) is 4.55. The van der Waals surface area contributed by atoms with Crippen LogP contribution in [-0.4, -0.2) is 32.6 Å². The van der Waals surface area contributed by atoms with Crippen molar-refractivity contribution >= 4 is 6.16 Å². The number of hydrogen-bond donors (Lipinski definition) is 0. The van der Waals surface area contributed by atoms with Gasteiger partial charge in [-0.05, 0) is 19.3 Å². The fourth-order valence-electron chi connectivity index (χ4n) is 1.64. The molecule has 1 aliphatic rings. The number of methoxy groups -OCH3 is 2. The predicted molar refractivity (Wildman–Crippen MR) is 46.5 cm³/mol. The minimum Gasteiger partial charge on any atom is -0.438 e. The Balaban J connectivity index is 2.40. The van der Waals surface area contributed by atoms with Gasteiger partial charge in [-0.15, -0.1) is 0 Å². The van der Waals surface area contributed by atoms with Gasteiger partial charge in [0.25, 0.3) is 0 Å². The molecule has 76 valence electrons. The van der Waals surface area contributed by atoms with Gasteiger partial charge in [0.2, 0.25) is 0 Å². The molecule has 0 radical (unpaired) electrons. The summed E-state index contributed by atoms with van der Waals surface area (Å²) in [4.78, 5) is 10.8. The van der Waals surface area contributed by atoms with Crippen LogP contribution >= 0.6 is 0 Å². The summed E-state index contributed by atoms with van der Waals surface area (Å²) in [5.41, 5.74) is 0. The first kappa shape index (κ1) is 10.3. The highest BCUT2D eigenvalue weighted by atomic mass is 16.7. The molecule has 0 spiro atoms. The second-order valence-corrected chi connectivity index (χ2v) is 3.17. The lowest BCUT2D eigenvalue weighted by Crippen LogP contribution is -2.35. The average Bonchev–Trinajstić information content (AvgIpc) is 2.18. The van der Waals surface area contributed by atoms with Crippen molar-refractivity contribution in [3.63, 3.8) is 0 Å². The fraction of sp³-hybridized carbons (Fsp3) is 0.889. The quantitative estimate of drug-likeness (QED) is 0.619. The second kappa shape index (κ2) is 5.07. The van der Waals surface area contributed by atoms with Crippen LogP contribution in [0.2, 0.25) is 0 Å². The summed E-state index contributed by atoms with van der Waals surface area (Å²) in [6.07, 6.45) is 3.33. The van der Waals surface area contributed by atoms with Gasteiger partial charge >= 0.3 is 6.16 Å². The molecule has 0 aromatic heterocycles. The molecule has 4 heteroatoms. The van der Waals surface area contributed by atoms with E-state index < -0.39 is 6.16 Å². The Kier molecular flexibility index (Phi) is 4.02. The van der Waals surface area contributed by atoms with E-state index >= 15 is 0 Å². The van der Waals surface area contributed by atoms with Crippen LogP contribution in [0.1, 0.15) is 25.7 Å². The zero-order valence-corrected chi connectivity index (χ0v) is 8.12. The standard InChI is InChI=1S/C9H16O4/c1-11-7-5-3-4-6-8(7)13-9(10)12-2/h7-8H,3-6H2,1-2H3. The Hall–Kier alpha value is -0.770. The number of ether oxygens (including phenoxy) is 3. The lowest BCUT2D eigenvalue weighted by molar-refractivity contribution is -0.0614. The normalized spacial score (nSPS) is 28.2. The SMILES string of the molecule is COC(=O)OC1CCCCC1OC. The zero-order valence-electron chi connectivity index (χ0n) is 8.12. The lowest BCUT2D eigenvalue weighted by Gasteiger charge is -2.29. The van der Waals surface area contributed by atoms with E-state index in [9.17, 15) is 4.79 Å². The lowest BCUT2D eigenvalue weighted by atomic mass is 9.95. The van der Waals surface area contributed by atoms with Crippen molar-refractivity contribution in [1.82, 2.24) is 0 Å². The summed E-state index contributed by atoms with van der Waals surface area (Å²) in [6.45, 7) is 0. The van der Waals surface area contributed by atoms with Crippen molar-refractivity contribution in [3.05, 3.63) is 0 Å². The third kappa shape index (κ3) is 2.88. The average molecular weight is 188 g/mol. The topological polar surface area (TPSA) is 44.8 Å². The third-order valence-electron chi connectivity index (χ3n) is 2.36. The van der Waals surface area contributed by atoms with E-state index in [0.717, 1.165) is 25.7 Å². The number of hydrogen-bond acceptors (Lipinski definition) is 4. The highest BCUT2D eigenvalue weighted by Crippen LogP contribution is 2.23. The van der Waals surface area contributed by atoms with E-state index in [1.165, 1.54) is 7.11 Å². The molecule has 1 fully saturated rings. The Labute approximate surface area is 78.2 Å². The van der Waals surface area contributed by atoms with Crippen molar-refractivity contribution in [2.75, 3.05) is 14.2 Å². The van der Waals surface area contributed by atoms with E-state index in [0.29, 0.717) is 0 Å². The molecule has 0 aromatic carbocycles. The maximum atomic E-state index is 10.8. The molecule has 0 N–H and O–H groups in total. The molecule has 1 saturated carbocycles. The van der Waals surface area contributed by atoms with Gasteiger partial charge in [-0.1, -0.05) is 6.42 Å². The Morgan fingerprint density at radius 3 is 2.31 bits per heavy atom. The third-order valence-corrected chi connectivity index (χ3v) is 2.36. The molecular weight excluding hydrogens is 172 g/mol. The van der Waals surface area contributed by atoms with Gasteiger partial charge in [-0.2, -0.15) is 0 Å². The second-order valence-electron chi connectivity index (χ2n) is 3.17. The molecule has 0 aliphatic heterocycles. The van der Waals surface area contributed by atoms with E-state index in [4.69, 9.17) is 9.47 Å². The van der Waals surface area contributed by atoms with E-state index in [-0.39, 0.29) is 12.2 Å². The van der Waals surface area contributed by atoms with Crippen molar-refractivity contribution in [2.24, 2.45) is 0 Å². The molecule has 1 aliphatic carbocycles. The van der Waals surface area contributed by atoms with Gasteiger partial charge in [0.15, 0.2) is 0 Å². The van der Waals surface area contributed by atoms with Gasteiger partial charge in [-0.25, -0.2) is 4.79 Å². The molecular formula is C9H16O4. The molecule has 13 heavy (non-hydrogen) atoms. The fourth-order valence-corrected chi connectivity index (χ4v) is 1.64. The minimum atomic E-state index is -0.617. The van der Waals surface area contributed by atoms with Crippen LogP contribution in [0.15, 0.2) is 0 Å². The highest BCUT2D eigenvalue weighted by molar-refractivity contribution is 5.59. The van der Waals surface area contributed by atoms with Crippen LogP contribution in [-0.2, 0) is 14.2 Å². The maximum Gasteiger partial charge on any atom is 0.508 e. The van der Waals surface area contributed by atoms with Crippen molar-refractivity contribution < 1.29 is 19.0 Å². The van der Waals surface area contributed by atoms with Crippen molar-refractivity contribution in [2.45, 2.75) is 37.9 Å². The summed E-state index contributed by atoms with van der Waals surface area (Å²) in [5.74, 6) is 0. The summed E-state index contributed by atoms with van der Waals surface area (Å²) in [5, 5.41) is 0. The van der Waals surface area contributed by atoms with Crippen LogP contribution in [0.5, 0.6) is 0 Å². The van der Waals surface area contributed by atoms with Crippen LogP contribution in [0.3, 0.4) is 0 Å². The Morgan fingerprint density at radius 1 is 1.15 bits per heavy atom. The number of rotatable bonds is 2. The molecule has 0 heterocycles. The summed E-state index contributed by atoms with van der Waals surface area (Å²) in [7, 11) is 2.95. The van der Waals surface area contributed by atoms with Crippen molar-refractivity contribution in [3.8, 4) is 0 Å². The molecule has 4 nitrogen and oxygen atoms in total. The first-order valence-electron chi connectivity index (χ1n) is 4.55. The molecule has 2 atom stereocenters. The Bertz CT molecular complexity index is 169. The molecule has 0 bridgehead atoms. The van der Waals surface area contributed by atoms with Gasteiger partial charge < -0.3 is 14.2 Å². The summed E-state index contributed by atoms with van der Waals surface area (Å²) >= 11 is 0. The van der Waals surface area contributed by atoms with E-state index in [2.05, 4.69) is 4.74 Å². The monoisotopic (exact) mass is 188 g/mol. The summed E-state index contributed by atoms with van der Waals surface area (Å²) in [6, 6.07) is 0. The van der Waals surface area contributed by atoms with Crippen LogP contribution < -0.4 is 0 Å². The van der Waals surface area contributed by atoms with Crippen molar-refractivity contribution in [1.29, 1.82) is 0 Å². The van der Waals surface area contributed by atoms with Crippen LogP contribution in [0.25, 0.3) is 0 Å². The number of carbonyl (C=O) groups excluding carboxylic acids is 1. The molecule has 2 unspecified atom stereocenters. The molecule has 0 saturated heterocycles. The zero-order chi connectivity index (χ0) is 9.68. The molecule has 1 rings (SSSR count). The summed E-state index contributed by atoms with van der Waals surface area (Å²) < 4.78 is 14.7. The highest BCUT2D eigenvalue weighted by Gasteiger charge is 2.28. The molecule has 0 amide bonds.